The number of nitriles is 1. The molecule has 2 heteroatoms. The van der Waals surface area contributed by atoms with E-state index in [2.05, 4.69) is 49.9 Å². The lowest BCUT2D eigenvalue weighted by molar-refractivity contribution is 0.126. The van der Waals surface area contributed by atoms with Gasteiger partial charge in [0.25, 0.3) is 0 Å². The third kappa shape index (κ3) is 2.99. The lowest BCUT2D eigenvalue weighted by Crippen LogP contribution is -2.34. The molecule has 3 rings (SSSR count). The zero-order valence-corrected chi connectivity index (χ0v) is 13.5. The van der Waals surface area contributed by atoms with E-state index in [0.717, 1.165) is 6.54 Å². The van der Waals surface area contributed by atoms with E-state index in [-0.39, 0.29) is 0 Å². The summed E-state index contributed by atoms with van der Waals surface area (Å²) in [5.74, 6) is 0. The number of benzene rings is 1. The minimum absolute atomic E-state index is 0.471. The predicted molar refractivity (Wildman–Crippen MR) is 85.7 cm³/mol. The molecule has 1 saturated carbocycles. The van der Waals surface area contributed by atoms with Gasteiger partial charge in [-0.25, -0.2) is 0 Å². The van der Waals surface area contributed by atoms with Crippen molar-refractivity contribution in [2.45, 2.75) is 59.0 Å². The first-order valence-corrected chi connectivity index (χ1v) is 8.09. The molecule has 2 bridgehead atoms. The van der Waals surface area contributed by atoms with Crippen molar-refractivity contribution >= 4 is 0 Å². The molecule has 0 radical (unpaired) electrons. The van der Waals surface area contributed by atoms with Crippen molar-refractivity contribution in [1.29, 1.82) is 5.26 Å². The van der Waals surface area contributed by atoms with E-state index in [4.69, 9.17) is 5.26 Å². The highest BCUT2D eigenvalue weighted by molar-refractivity contribution is 5.29. The molecule has 1 saturated heterocycles. The largest absolute Gasteiger partial charge is 0.296 e. The van der Waals surface area contributed by atoms with Crippen molar-refractivity contribution in [3.8, 4) is 6.07 Å². The first-order valence-electron chi connectivity index (χ1n) is 8.09. The van der Waals surface area contributed by atoms with Crippen LogP contribution in [0.4, 0.5) is 0 Å². The van der Waals surface area contributed by atoms with Gasteiger partial charge in [0.05, 0.1) is 12.5 Å². The molecule has 2 unspecified atom stereocenters. The van der Waals surface area contributed by atoms with Crippen LogP contribution in [0, 0.1) is 22.2 Å². The molecule has 21 heavy (non-hydrogen) atoms. The molecule has 1 heterocycles. The SMILES string of the molecule is CC1(C)CC2CC(C)(CN2Cc2ccccc2CC#N)C1. The number of rotatable bonds is 3. The van der Waals surface area contributed by atoms with Crippen molar-refractivity contribution in [2.24, 2.45) is 10.8 Å². The zero-order chi connectivity index (χ0) is 15.1. The third-order valence-corrected chi connectivity index (χ3v) is 5.28. The number of hydrogen-bond donors (Lipinski definition) is 0. The van der Waals surface area contributed by atoms with Crippen LogP contribution in [0.1, 0.15) is 51.2 Å². The Morgan fingerprint density at radius 1 is 1.19 bits per heavy atom. The Bertz CT molecular complexity index is 569. The van der Waals surface area contributed by atoms with E-state index >= 15 is 0 Å². The average Bonchev–Trinajstić information content (AvgIpc) is 2.61. The maximum absolute atomic E-state index is 9.00. The number of fused-ring (bicyclic) bond motifs is 2. The van der Waals surface area contributed by atoms with Gasteiger partial charge in [-0.05, 0) is 41.2 Å². The fourth-order valence-corrected chi connectivity index (χ4v) is 4.95. The Morgan fingerprint density at radius 3 is 2.62 bits per heavy atom. The summed E-state index contributed by atoms with van der Waals surface area (Å²) in [5.41, 5.74) is 3.49. The quantitative estimate of drug-likeness (QED) is 0.832. The summed E-state index contributed by atoms with van der Waals surface area (Å²) in [4.78, 5) is 2.67. The van der Waals surface area contributed by atoms with Crippen molar-refractivity contribution in [3.63, 3.8) is 0 Å². The van der Waals surface area contributed by atoms with Crippen LogP contribution in [0.5, 0.6) is 0 Å². The number of hydrogen-bond acceptors (Lipinski definition) is 2. The molecule has 1 aromatic rings. The summed E-state index contributed by atoms with van der Waals surface area (Å²) in [7, 11) is 0. The Kier molecular flexibility index (Phi) is 3.58. The Balaban J connectivity index is 1.80. The van der Waals surface area contributed by atoms with E-state index in [1.54, 1.807) is 0 Å². The molecule has 0 spiro atoms. The maximum Gasteiger partial charge on any atom is 0.0669 e. The van der Waals surface area contributed by atoms with E-state index in [0.29, 0.717) is 23.3 Å². The molecule has 0 N–H and O–H groups in total. The molecule has 1 aromatic carbocycles. The molecule has 1 aliphatic carbocycles. The predicted octanol–water partition coefficient (Wildman–Crippen LogP) is 4.15. The van der Waals surface area contributed by atoms with Gasteiger partial charge < -0.3 is 0 Å². The average molecular weight is 282 g/mol. The second-order valence-electron chi connectivity index (χ2n) is 8.22. The summed E-state index contributed by atoms with van der Waals surface area (Å²) < 4.78 is 0. The van der Waals surface area contributed by atoms with Crippen LogP contribution in [0.3, 0.4) is 0 Å². The van der Waals surface area contributed by atoms with Crippen molar-refractivity contribution in [3.05, 3.63) is 35.4 Å². The highest BCUT2D eigenvalue weighted by Crippen LogP contribution is 2.52. The Labute approximate surface area is 128 Å². The van der Waals surface area contributed by atoms with Crippen LogP contribution in [-0.2, 0) is 13.0 Å². The van der Waals surface area contributed by atoms with Gasteiger partial charge in [-0.1, -0.05) is 45.0 Å². The molecular weight excluding hydrogens is 256 g/mol. The fourth-order valence-electron chi connectivity index (χ4n) is 4.95. The maximum atomic E-state index is 9.00. The smallest absolute Gasteiger partial charge is 0.0669 e. The Hall–Kier alpha value is -1.33. The highest BCUT2D eigenvalue weighted by atomic mass is 15.2. The van der Waals surface area contributed by atoms with Crippen LogP contribution in [0.25, 0.3) is 0 Å². The molecule has 112 valence electrons. The van der Waals surface area contributed by atoms with E-state index in [1.807, 2.05) is 6.07 Å². The number of likely N-dealkylation sites (tertiary alicyclic amines) is 1. The lowest BCUT2D eigenvalue weighted by Gasteiger charge is -2.40. The van der Waals surface area contributed by atoms with Crippen LogP contribution in [0.2, 0.25) is 0 Å². The molecule has 0 amide bonds. The first kappa shape index (κ1) is 14.6. The normalized spacial score (nSPS) is 31.0. The molecule has 0 aromatic heterocycles. The molecule has 2 nitrogen and oxygen atoms in total. The number of nitrogens with zero attached hydrogens (tertiary/aromatic N) is 2. The van der Waals surface area contributed by atoms with Gasteiger partial charge in [0.1, 0.15) is 0 Å². The monoisotopic (exact) mass is 282 g/mol. The topological polar surface area (TPSA) is 27.0 Å². The standard InChI is InChI=1S/C19H26N2/c1-18(2)10-17-11-19(3,13-18)14-21(17)12-16-7-5-4-6-15(16)8-9-20/h4-7,17H,8,10-14H2,1-3H3. The molecule has 1 aliphatic heterocycles. The zero-order valence-electron chi connectivity index (χ0n) is 13.5. The van der Waals surface area contributed by atoms with Gasteiger partial charge in [-0.2, -0.15) is 5.26 Å². The van der Waals surface area contributed by atoms with Gasteiger partial charge in [-0.15, -0.1) is 0 Å². The van der Waals surface area contributed by atoms with Crippen LogP contribution in [0.15, 0.2) is 24.3 Å². The van der Waals surface area contributed by atoms with Crippen LogP contribution >= 0.6 is 0 Å². The molecular formula is C19H26N2. The molecule has 2 fully saturated rings. The van der Waals surface area contributed by atoms with E-state index in [9.17, 15) is 0 Å². The second-order valence-corrected chi connectivity index (χ2v) is 8.22. The van der Waals surface area contributed by atoms with E-state index < -0.39 is 0 Å². The second kappa shape index (κ2) is 5.14. The minimum atomic E-state index is 0.471. The summed E-state index contributed by atoms with van der Waals surface area (Å²) in [6.07, 6.45) is 4.52. The van der Waals surface area contributed by atoms with Crippen molar-refractivity contribution < 1.29 is 0 Å². The van der Waals surface area contributed by atoms with Gasteiger partial charge in [0.2, 0.25) is 0 Å². The van der Waals surface area contributed by atoms with Crippen molar-refractivity contribution in [1.82, 2.24) is 4.90 Å². The fraction of sp³-hybridized carbons (Fsp3) is 0.632. The summed E-state index contributed by atoms with van der Waals surface area (Å²) in [6.45, 7) is 9.52. The minimum Gasteiger partial charge on any atom is -0.296 e. The van der Waals surface area contributed by atoms with Gasteiger partial charge >= 0.3 is 0 Å². The molecule has 2 aliphatic rings. The van der Waals surface area contributed by atoms with E-state index in [1.165, 1.54) is 36.9 Å². The van der Waals surface area contributed by atoms with Crippen LogP contribution in [-0.4, -0.2) is 17.5 Å². The summed E-state index contributed by atoms with van der Waals surface area (Å²) in [5, 5.41) is 9.00. The lowest BCUT2D eigenvalue weighted by atomic mass is 9.65. The van der Waals surface area contributed by atoms with Crippen molar-refractivity contribution in [2.75, 3.05) is 6.54 Å². The summed E-state index contributed by atoms with van der Waals surface area (Å²) >= 11 is 0. The Morgan fingerprint density at radius 2 is 1.90 bits per heavy atom. The molecule has 2 atom stereocenters. The van der Waals surface area contributed by atoms with Gasteiger partial charge in [0, 0.05) is 19.1 Å². The third-order valence-electron chi connectivity index (χ3n) is 5.28. The van der Waals surface area contributed by atoms with Crippen LogP contribution < -0.4 is 0 Å². The van der Waals surface area contributed by atoms with Gasteiger partial charge in [0.15, 0.2) is 0 Å². The van der Waals surface area contributed by atoms with Gasteiger partial charge in [-0.3, -0.25) is 4.90 Å². The first-order chi connectivity index (χ1) is 9.91. The highest BCUT2D eigenvalue weighted by Gasteiger charge is 2.49. The summed E-state index contributed by atoms with van der Waals surface area (Å²) in [6, 6.07) is 11.5.